The number of benzene rings is 1. The fourth-order valence-corrected chi connectivity index (χ4v) is 2.35. The summed E-state index contributed by atoms with van der Waals surface area (Å²) < 4.78 is 3.83. The first-order valence-electron chi connectivity index (χ1n) is 5.54. The van der Waals surface area contributed by atoms with Gasteiger partial charge in [0, 0.05) is 23.0 Å². The van der Waals surface area contributed by atoms with Gasteiger partial charge in [0.15, 0.2) is 12.4 Å². The molecule has 1 unspecified atom stereocenters. The monoisotopic (exact) mass is 368 g/mol. The highest BCUT2D eigenvalue weighted by molar-refractivity contribution is 9.10. The van der Waals surface area contributed by atoms with Gasteiger partial charge in [-0.3, -0.25) is 4.79 Å². The summed E-state index contributed by atoms with van der Waals surface area (Å²) in [5, 5.41) is 0. The highest BCUT2D eigenvalue weighted by Gasteiger charge is 2.23. The zero-order valence-corrected chi connectivity index (χ0v) is 13.0. The van der Waals surface area contributed by atoms with Gasteiger partial charge in [-0.2, -0.15) is 4.57 Å². The summed E-state index contributed by atoms with van der Waals surface area (Å²) in [6, 6.07) is 11.1. The number of carbonyl (C=O) groups excluding carboxylic acids is 1. The summed E-state index contributed by atoms with van der Waals surface area (Å²) in [5.74, 6) is 0.102. The number of rotatable bonds is 3. The van der Waals surface area contributed by atoms with E-state index in [9.17, 15) is 4.79 Å². The molecular formula is C14H12Br2NO+. The Hall–Kier alpha value is -1.00. The Kier molecular flexibility index (Phi) is 4.30. The topological polar surface area (TPSA) is 20.9 Å². The Morgan fingerprint density at radius 2 is 1.78 bits per heavy atom. The SMILES string of the molecule is CC(C(=O)c1ccc(Br)cc1)[n+]1cccc(Br)c1. The number of nitrogens with zero attached hydrogens (tertiary/aromatic N) is 1. The Balaban J connectivity index is 2.26. The molecule has 2 nitrogen and oxygen atoms in total. The first-order valence-corrected chi connectivity index (χ1v) is 7.12. The number of hydrogen-bond acceptors (Lipinski definition) is 1. The fraction of sp³-hybridized carbons (Fsp3) is 0.143. The van der Waals surface area contributed by atoms with Gasteiger partial charge in [0.25, 0.3) is 0 Å². The maximum Gasteiger partial charge on any atom is 0.230 e. The number of Topliss-reactive ketones (excluding diaryl/α,β-unsaturated/α-hetero) is 1. The van der Waals surface area contributed by atoms with E-state index in [2.05, 4.69) is 31.9 Å². The molecule has 0 aliphatic rings. The van der Waals surface area contributed by atoms with Crippen molar-refractivity contribution < 1.29 is 9.36 Å². The van der Waals surface area contributed by atoms with E-state index in [1.165, 1.54) is 0 Å². The second-order valence-corrected chi connectivity index (χ2v) is 5.85. The molecule has 1 atom stereocenters. The van der Waals surface area contributed by atoms with Gasteiger partial charge in [-0.05, 0) is 34.1 Å². The van der Waals surface area contributed by atoms with Crippen molar-refractivity contribution in [3.05, 3.63) is 63.3 Å². The number of halogens is 2. The lowest BCUT2D eigenvalue weighted by atomic mass is 10.1. The molecule has 4 heteroatoms. The predicted molar refractivity (Wildman–Crippen MR) is 77.5 cm³/mol. The highest BCUT2D eigenvalue weighted by Crippen LogP contribution is 2.14. The molecule has 0 fully saturated rings. The molecule has 0 aliphatic carbocycles. The molecule has 0 N–H and O–H groups in total. The summed E-state index contributed by atoms with van der Waals surface area (Å²) in [6.07, 6.45) is 3.80. The number of carbonyl (C=O) groups is 1. The van der Waals surface area contributed by atoms with Crippen LogP contribution in [0.1, 0.15) is 23.3 Å². The van der Waals surface area contributed by atoms with E-state index in [4.69, 9.17) is 0 Å². The van der Waals surface area contributed by atoms with Gasteiger partial charge < -0.3 is 0 Å². The van der Waals surface area contributed by atoms with Gasteiger partial charge in [0.1, 0.15) is 0 Å². The van der Waals surface area contributed by atoms with E-state index in [-0.39, 0.29) is 11.8 Å². The molecule has 2 aromatic rings. The number of aromatic nitrogens is 1. The minimum absolute atomic E-state index is 0.102. The average Bonchev–Trinajstić information content (AvgIpc) is 2.38. The Morgan fingerprint density at radius 1 is 1.11 bits per heavy atom. The Labute approximate surface area is 123 Å². The van der Waals surface area contributed by atoms with Crippen molar-refractivity contribution in [1.82, 2.24) is 0 Å². The molecule has 1 aromatic carbocycles. The normalized spacial score (nSPS) is 12.2. The minimum Gasteiger partial charge on any atom is -0.287 e. The molecule has 0 bridgehead atoms. The van der Waals surface area contributed by atoms with Crippen LogP contribution in [0.5, 0.6) is 0 Å². The van der Waals surface area contributed by atoms with Crippen molar-refractivity contribution in [3.63, 3.8) is 0 Å². The maximum absolute atomic E-state index is 12.3. The van der Waals surface area contributed by atoms with E-state index >= 15 is 0 Å². The lowest BCUT2D eigenvalue weighted by Gasteiger charge is -2.06. The summed E-state index contributed by atoms with van der Waals surface area (Å²) in [5.41, 5.74) is 0.721. The Bertz CT molecular complexity index is 566. The first-order chi connectivity index (χ1) is 8.58. The van der Waals surface area contributed by atoms with Crippen LogP contribution in [-0.4, -0.2) is 5.78 Å². The third-order valence-corrected chi connectivity index (χ3v) is 3.74. The van der Waals surface area contributed by atoms with Crippen molar-refractivity contribution in [1.29, 1.82) is 0 Å². The van der Waals surface area contributed by atoms with Gasteiger partial charge >= 0.3 is 0 Å². The smallest absolute Gasteiger partial charge is 0.230 e. The summed E-state index contributed by atoms with van der Waals surface area (Å²) in [7, 11) is 0. The lowest BCUT2D eigenvalue weighted by molar-refractivity contribution is -0.705. The van der Waals surface area contributed by atoms with Crippen LogP contribution in [0.2, 0.25) is 0 Å². The number of ketones is 1. The first kappa shape index (κ1) is 13.4. The number of pyridine rings is 1. The zero-order chi connectivity index (χ0) is 13.1. The van der Waals surface area contributed by atoms with Crippen LogP contribution < -0.4 is 4.57 Å². The van der Waals surface area contributed by atoms with Gasteiger partial charge in [0.2, 0.25) is 11.8 Å². The van der Waals surface area contributed by atoms with E-state index in [0.29, 0.717) is 0 Å². The average molecular weight is 370 g/mol. The molecule has 0 amide bonds. The molecule has 1 aromatic heterocycles. The second-order valence-electron chi connectivity index (χ2n) is 4.02. The van der Waals surface area contributed by atoms with Crippen molar-refractivity contribution >= 4 is 37.6 Å². The largest absolute Gasteiger partial charge is 0.287 e. The van der Waals surface area contributed by atoms with Gasteiger partial charge in [-0.25, -0.2) is 0 Å². The summed E-state index contributed by atoms with van der Waals surface area (Å²) >= 11 is 6.77. The van der Waals surface area contributed by atoms with Crippen molar-refractivity contribution in [2.24, 2.45) is 0 Å². The van der Waals surface area contributed by atoms with Gasteiger partial charge in [0.05, 0.1) is 4.47 Å². The molecule has 0 radical (unpaired) electrons. The molecule has 0 spiro atoms. The molecule has 2 rings (SSSR count). The van der Waals surface area contributed by atoms with Crippen molar-refractivity contribution in [3.8, 4) is 0 Å². The fourth-order valence-electron chi connectivity index (χ4n) is 1.69. The van der Waals surface area contributed by atoms with E-state index in [1.54, 1.807) is 0 Å². The van der Waals surface area contributed by atoms with E-state index in [1.807, 2.05) is 60.3 Å². The van der Waals surface area contributed by atoms with Gasteiger partial charge in [-0.15, -0.1) is 0 Å². The third kappa shape index (κ3) is 3.06. The molecule has 0 saturated heterocycles. The predicted octanol–water partition coefficient (Wildman–Crippen LogP) is 3.94. The van der Waals surface area contributed by atoms with Crippen LogP contribution >= 0.6 is 31.9 Å². The Morgan fingerprint density at radius 3 is 2.39 bits per heavy atom. The molecule has 1 heterocycles. The minimum atomic E-state index is -0.219. The molecule has 92 valence electrons. The van der Waals surface area contributed by atoms with E-state index < -0.39 is 0 Å². The third-order valence-electron chi connectivity index (χ3n) is 2.74. The second kappa shape index (κ2) is 5.76. The van der Waals surface area contributed by atoms with Crippen molar-refractivity contribution in [2.45, 2.75) is 13.0 Å². The summed E-state index contributed by atoms with van der Waals surface area (Å²) in [6.45, 7) is 1.90. The standard InChI is InChI=1S/C14H12Br2NO/c1-10(17-8-2-3-13(16)9-17)14(18)11-4-6-12(15)7-5-11/h2-10H,1H3/q+1. The highest BCUT2D eigenvalue weighted by atomic mass is 79.9. The van der Waals surface area contributed by atoms with Crippen LogP contribution in [0.15, 0.2) is 57.7 Å². The van der Waals surface area contributed by atoms with Gasteiger partial charge in [-0.1, -0.05) is 28.1 Å². The molecular weight excluding hydrogens is 358 g/mol. The quantitative estimate of drug-likeness (QED) is 0.592. The van der Waals surface area contributed by atoms with Crippen molar-refractivity contribution in [2.75, 3.05) is 0 Å². The van der Waals surface area contributed by atoms with Crippen LogP contribution in [0.25, 0.3) is 0 Å². The zero-order valence-electron chi connectivity index (χ0n) is 9.81. The van der Waals surface area contributed by atoms with Crippen LogP contribution in [0, 0.1) is 0 Å². The summed E-state index contributed by atoms with van der Waals surface area (Å²) in [4.78, 5) is 12.3. The lowest BCUT2D eigenvalue weighted by Crippen LogP contribution is -2.41. The van der Waals surface area contributed by atoms with Crippen LogP contribution in [0.3, 0.4) is 0 Å². The maximum atomic E-state index is 12.3. The van der Waals surface area contributed by atoms with Crippen LogP contribution in [-0.2, 0) is 0 Å². The van der Waals surface area contributed by atoms with Crippen LogP contribution in [0.4, 0.5) is 0 Å². The van der Waals surface area contributed by atoms with E-state index in [0.717, 1.165) is 14.5 Å². The molecule has 0 aliphatic heterocycles. The molecule has 0 saturated carbocycles. The molecule has 18 heavy (non-hydrogen) atoms. The number of hydrogen-bond donors (Lipinski definition) is 0.